The number of carbonyl (C=O) groups excluding carboxylic acids is 2. The van der Waals surface area contributed by atoms with Crippen LogP contribution in [0.5, 0.6) is 0 Å². The molecule has 0 unspecified atom stereocenters. The van der Waals surface area contributed by atoms with Gasteiger partial charge >= 0.3 is 0 Å². The molecule has 1 aromatic rings. The standard InChI is InChI=1S/C19H31N5O3/c1-15(2)19-17(11-16(13-25)22-18(26)12-20-3)21-14-24(19)6-4-5-23-7-9-27-10-8-23/h11,13-15,20H,4-10,12H2,1-3H3,(H,22,26)/b16-11-. The summed E-state index contributed by atoms with van der Waals surface area (Å²) in [7, 11) is 1.68. The molecule has 2 N–H and O–H groups in total. The molecule has 1 aliphatic rings. The van der Waals surface area contributed by atoms with Crippen molar-refractivity contribution in [2.24, 2.45) is 0 Å². The van der Waals surface area contributed by atoms with Crippen molar-refractivity contribution >= 4 is 18.3 Å². The zero-order valence-electron chi connectivity index (χ0n) is 16.5. The van der Waals surface area contributed by atoms with Gasteiger partial charge in [-0.1, -0.05) is 13.8 Å². The van der Waals surface area contributed by atoms with Gasteiger partial charge in [-0.2, -0.15) is 0 Å². The quantitative estimate of drug-likeness (QED) is 0.459. The van der Waals surface area contributed by atoms with Crippen LogP contribution in [0.15, 0.2) is 12.0 Å². The second-order valence-corrected chi connectivity index (χ2v) is 6.97. The van der Waals surface area contributed by atoms with Crippen LogP contribution < -0.4 is 10.6 Å². The van der Waals surface area contributed by atoms with E-state index in [0.717, 1.165) is 57.2 Å². The maximum absolute atomic E-state index is 11.7. The summed E-state index contributed by atoms with van der Waals surface area (Å²) in [6, 6.07) is 0. The Morgan fingerprint density at radius 2 is 2.07 bits per heavy atom. The highest BCUT2D eigenvalue weighted by atomic mass is 16.5. The zero-order valence-corrected chi connectivity index (χ0v) is 16.5. The van der Waals surface area contributed by atoms with Crippen LogP contribution in [0.25, 0.3) is 6.08 Å². The number of amides is 1. The Morgan fingerprint density at radius 1 is 1.33 bits per heavy atom. The van der Waals surface area contributed by atoms with E-state index >= 15 is 0 Å². The molecular weight excluding hydrogens is 346 g/mol. The van der Waals surface area contributed by atoms with E-state index in [9.17, 15) is 9.59 Å². The second-order valence-electron chi connectivity index (χ2n) is 6.97. The van der Waals surface area contributed by atoms with Crippen LogP contribution >= 0.6 is 0 Å². The summed E-state index contributed by atoms with van der Waals surface area (Å²) in [5.74, 6) is -0.00469. The molecule has 1 aromatic heterocycles. The lowest BCUT2D eigenvalue weighted by atomic mass is 10.1. The summed E-state index contributed by atoms with van der Waals surface area (Å²) in [6.07, 6.45) is 5.14. The van der Waals surface area contributed by atoms with Crippen molar-refractivity contribution < 1.29 is 14.3 Å². The van der Waals surface area contributed by atoms with E-state index in [1.165, 1.54) is 0 Å². The van der Waals surface area contributed by atoms with E-state index in [1.807, 2.05) is 6.33 Å². The zero-order chi connectivity index (χ0) is 19.6. The number of nitrogens with one attached hydrogen (secondary N) is 2. The fraction of sp³-hybridized carbons (Fsp3) is 0.632. The lowest BCUT2D eigenvalue weighted by molar-refractivity contribution is -0.120. The molecule has 2 rings (SSSR count). The Kier molecular flexibility index (Phi) is 8.63. The molecule has 0 atom stereocenters. The lowest BCUT2D eigenvalue weighted by Gasteiger charge is -2.26. The minimum absolute atomic E-state index is 0.151. The topological polar surface area (TPSA) is 88.5 Å². The number of allylic oxidation sites excluding steroid dienone is 1. The molecule has 0 aliphatic carbocycles. The fourth-order valence-electron chi connectivity index (χ4n) is 3.23. The van der Waals surface area contributed by atoms with Gasteiger partial charge in [0.1, 0.15) is 0 Å². The van der Waals surface area contributed by atoms with Crippen molar-refractivity contribution in [3.8, 4) is 0 Å². The molecule has 0 radical (unpaired) electrons. The van der Waals surface area contributed by atoms with Crippen LogP contribution in [0.3, 0.4) is 0 Å². The number of likely N-dealkylation sites (N-methyl/N-ethyl adjacent to an activating group) is 1. The van der Waals surface area contributed by atoms with E-state index in [-0.39, 0.29) is 24.1 Å². The Labute approximate surface area is 161 Å². The van der Waals surface area contributed by atoms with Gasteiger partial charge in [-0.15, -0.1) is 0 Å². The maximum atomic E-state index is 11.7. The molecule has 0 aromatic carbocycles. The average Bonchev–Trinajstić information content (AvgIpc) is 3.05. The van der Waals surface area contributed by atoms with Gasteiger partial charge in [0.25, 0.3) is 0 Å². The average molecular weight is 377 g/mol. The number of hydrogen-bond donors (Lipinski definition) is 2. The molecule has 1 aliphatic heterocycles. The Bertz CT molecular complexity index is 648. The predicted molar refractivity (Wildman–Crippen MR) is 104 cm³/mol. The molecule has 0 saturated carbocycles. The molecule has 1 fully saturated rings. The first kappa shape index (κ1) is 21.3. The first-order chi connectivity index (χ1) is 13.0. The first-order valence-corrected chi connectivity index (χ1v) is 9.51. The minimum Gasteiger partial charge on any atom is -0.379 e. The highest BCUT2D eigenvalue weighted by Gasteiger charge is 2.15. The van der Waals surface area contributed by atoms with Gasteiger partial charge in [0.05, 0.1) is 37.5 Å². The van der Waals surface area contributed by atoms with Gasteiger partial charge in [-0.25, -0.2) is 4.98 Å². The smallest absolute Gasteiger partial charge is 0.238 e. The summed E-state index contributed by atoms with van der Waals surface area (Å²) in [5.41, 5.74) is 2.01. The predicted octanol–water partition coefficient (Wildman–Crippen LogP) is 0.604. The monoisotopic (exact) mass is 377 g/mol. The van der Waals surface area contributed by atoms with Crippen molar-refractivity contribution in [2.75, 3.05) is 46.4 Å². The van der Waals surface area contributed by atoms with Gasteiger partial charge in [-0.3, -0.25) is 14.5 Å². The second kappa shape index (κ2) is 11.0. The van der Waals surface area contributed by atoms with Crippen LogP contribution in [0.1, 0.15) is 37.6 Å². The van der Waals surface area contributed by atoms with Gasteiger partial charge in [0, 0.05) is 31.9 Å². The number of aldehydes is 1. The molecule has 1 saturated heterocycles. The third-order valence-corrected chi connectivity index (χ3v) is 4.47. The molecule has 8 nitrogen and oxygen atoms in total. The van der Waals surface area contributed by atoms with Crippen LogP contribution in [0.2, 0.25) is 0 Å². The summed E-state index contributed by atoms with van der Waals surface area (Å²) in [6.45, 7) is 9.86. The number of hydrogen-bond acceptors (Lipinski definition) is 6. The number of morpholine rings is 1. The van der Waals surface area contributed by atoms with Crippen molar-refractivity contribution in [3.63, 3.8) is 0 Å². The summed E-state index contributed by atoms with van der Waals surface area (Å²) < 4.78 is 7.53. The fourth-order valence-corrected chi connectivity index (χ4v) is 3.23. The molecule has 0 spiro atoms. The molecular formula is C19H31N5O3. The third-order valence-electron chi connectivity index (χ3n) is 4.47. The summed E-state index contributed by atoms with van der Waals surface area (Å²) in [5, 5.41) is 5.36. The number of ether oxygens (including phenoxy) is 1. The van der Waals surface area contributed by atoms with Crippen LogP contribution in [-0.4, -0.2) is 73.1 Å². The van der Waals surface area contributed by atoms with E-state index in [4.69, 9.17) is 4.74 Å². The lowest BCUT2D eigenvalue weighted by Crippen LogP contribution is -2.37. The highest BCUT2D eigenvalue weighted by molar-refractivity contribution is 5.90. The van der Waals surface area contributed by atoms with E-state index in [2.05, 4.69) is 38.9 Å². The van der Waals surface area contributed by atoms with E-state index in [0.29, 0.717) is 6.29 Å². The minimum atomic E-state index is -0.258. The Morgan fingerprint density at radius 3 is 2.70 bits per heavy atom. The first-order valence-electron chi connectivity index (χ1n) is 9.51. The maximum Gasteiger partial charge on any atom is 0.238 e. The van der Waals surface area contributed by atoms with Crippen molar-refractivity contribution in [2.45, 2.75) is 32.7 Å². The SMILES string of the molecule is CNCC(=O)N/C(C=O)=C\c1ncn(CCCN2CCOCC2)c1C(C)C. The number of aryl methyl sites for hydroxylation is 1. The van der Waals surface area contributed by atoms with Gasteiger partial charge in [0.2, 0.25) is 5.91 Å². The third kappa shape index (κ3) is 6.57. The highest BCUT2D eigenvalue weighted by Crippen LogP contribution is 2.21. The summed E-state index contributed by atoms with van der Waals surface area (Å²) >= 11 is 0. The van der Waals surface area contributed by atoms with E-state index < -0.39 is 0 Å². The molecule has 2 heterocycles. The molecule has 27 heavy (non-hydrogen) atoms. The van der Waals surface area contributed by atoms with Crippen molar-refractivity contribution in [1.82, 2.24) is 25.1 Å². The molecule has 1 amide bonds. The number of imidazole rings is 1. The number of rotatable bonds is 10. The van der Waals surface area contributed by atoms with Crippen LogP contribution in [0, 0.1) is 0 Å². The molecule has 0 bridgehead atoms. The Balaban J connectivity index is 2.05. The van der Waals surface area contributed by atoms with Gasteiger partial charge in [0.15, 0.2) is 6.29 Å². The molecule has 8 heteroatoms. The molecule has 150 valence electrons. The van der Waals surface area contributed by atoms with Crippen LogP contribution in [-0.2, 0) is 20.9 Å². The number of nitrogens with zero attached hydrogens (tertiary/aromatic N) is 3. The number of carbonyl (C=O) groups is 2. The van der Waals surface area contributed by atoms with E-state index in [1.54, 1.807) is 13.1 Å². The normalized spacial score (nSPS) is 15.9. The van der Waals surface area contributed by atoms with Crippen molar-refractivity contribution in [3.05, 3.63) is 23.4 Å². The van der Waals surface area contributed by atoms with Gasteiger partial charge < -0.3 is 19.9 Å². The largest absolute Gasteiger partial charge is 0.379 e. The van der Waals surface area contributed by atoms with Crippen molar-refractivity contribution in [1.29, 1.82) is 0 Å². The van der Waals surface area contributed by atoms with Crippen LogP contribution in [0.4, 0.5) is 0 Å². The Hall–Kier alpha value is -2.03. The number of aromatic nitrogens is 2. The summed E-state index contributed by atoms with van der Waals surface area (Å²) in [4.78, 5) is 29.9. The van der Waals surface area contributed by atoms with Gasteiger partial charge in [-0.05, 0) is 25.5 Å².